The van der Waals surface area contributed by atoms with E-state index >= 15 is 0 Å². The fourth-order valence-corrected chi connectivity index (χ4v) is 3.64. The molecule has 1 nitrogen and oxygen atoms in total. The zero-order valence-corrected chi connectivity index (χ0v) is 13.2. The van der Waals surface area contributed by atoms with E-state index in [0.29, 0.717) is 6.04 Å². The van der Waals surface area contributed by atoms with Crippen molar-refractivity contribution in [3.05, 3.63) is 56.2 Å². The minimum absolute atomic E-state index is 0.369. The maximum atomic E-state index is 6.07. The lowest BCUT2D eigenvalue weighted by Crippen LogP contribution is -2.23. The Hall–Kier alpha value is -0.830. The number of likely N-dealkylation sites (N-methyl/N-ethyl adjacent to an activating group) is 1. The average Bonchev–Trinajstić information content (AvgIpc) is 2.68. The van der Waals surface area contributed by atoms with Crippen LogP contribution in [0.25, 0.3) is 0 Å². The minimum Gasteiger partial charge on any atom is -0.310 e. The topological polar surface area (TPSA) is 12.0 Å². The van der Waals surface area contributed by atoms with E-state index in [1.54, 1.807) is 0 Å². The molecule has 0 aliphatic rings. The average molecular weight is 294 g/mol. The summed E-state index contributed by atoms with van der Waals surface area (Å²) in [5.41, 5.74) is 2.70. The van der Waals surface area contributed by atoms with Gasteiger partial charge in [0.2, 0.25) is 0 Å². The largest absolute Gasteiger partial charge is 0.310 e. The summed E-state index contributed by atoms with van der Waals surface area (Å²) in [5.74, 6) is 0. The molecule has 102 valence electrons. The molecular formula is C16H20ClNS. The number of halogens is 1. The highest BCUT2D eigenvalue weighted by Crippen LogP contribution is 2.29. The normalized spacial score (nSPS) is 12.6. The van der Waals surface area contributed by atoms with Gasteiger partial charge < -0.3 is 5.32 Å². The Morgan fingerprint density at radius 1 is 1.26 bits per heavy atom. The van der Waals surface area contributed by atoms with Crippen LogP contribution in [0.4, 0.5) is 0 Å². The van der Waals surface area contributed by atoms with Crippen LogP contribution >= 0.6 is 22.9 Å². The molecule has 0 saturated carbocycles. The summed E-state index contributed by atoms with van der Waals surface area (Å²) in [6.45, 7) is 7.50. The van der Waals surface area contributed by atoms with Gasteiger partial charge >= 0.3 is 0 Å². The van der Waals surface area contributed by atoms with E-state index in [4.69, 9.17) is 11.6 Å². The molecule has 3 heteroatoms. The Morgan fingerprint density at radius 2 is 2.05 bits per heavy atom. The van der Waals surface area contributed by atoms with Crippen molar-refractivity contribution in [2.45, 2.75) is 33.2 Å². The number of thiophene rings is 1. The maximum absolute atomic E-state index is 6.07. The summed E-state index contributed by atoms with van der Waals surface area (Å²) in [7, 11) is 0. The molecule has 1 heterocycles. The second kappa shape index (κ2) is 6.56. The van der Waals surface area contributed by atoms with Gasteiger partial charge in [-0.2, -0.15) is 0 Å². The van der Waals surface area contributed by atoms with Crippen LogP contribution in [0, 0.1) is 13.8 Å². The zero-order valence-electron chi connectivity index (χ0n) is 11.7. The Kier molecular flexibility index (Phi) is 5.03. The molecule has 1 atom stereocenters. The van der Waals surface area contributed by atoms with E-state index in [-0.39, 0.29) is 0 Å². The van der Waals surface area contributed by atoms with E-state index < -0.39 is 0 Å². The van der Waals surface area contributed by atoms with Crippen molar-refractivity contribution in [2.24, 2.45) is 0 Å². The molecule has 1 aromatic heterocycles. The molecule has 0 spiro atoms. The van der Waals surface area contributed by atoms with E-state index in [1.165, 1.54) is 20.9 Å². The standard InChI is InChI=1S/C16H20ClNS/c1-4-18-16(15-8-11(2)19-12(15)3)10-13-6-5-7-14(17)9-13/h5-9,16,18H,4,10H2,1-3H3. The molecule has 0 aliphatic heterocycles. The van der Waals surface area contributed by atoms with Crippen LogP contribution in [0.15, 0.2) is 30.3 Å². The number of aryl methyl sites for hydroxylation is 2. The molecule has 0 radical (unpaired) electrons. The molecular weight excluding hydrogens is 274 g/mol. The van der Waals surface area contributed by atoms with Gasteiger partial charge in [-0.25, -0.2) is 0 Å². The molecule has 1 N–H and O–H groups in total. The molecule has 0 aliphatic carbocycles. The molecule has 2 aromatic rings. The van der Waals surface area contributed by atoms with Crippen molar-refractivity contribution in [1.82, 2.24) is 5.32 Å². The van der Waals surface area contributed by atoms with Gasteiger partial charge in [0, 0.05) is 20.8 Å². The van der Waals surface area contributed by atoms with Crippen LogP contribution in [-0.4, -0.2) is 6.54 Å². The molecule has 0 saturated heterocycles. The van der Waals surface area contributed by atoms with Gasteiger partial charge in [0.25, 0.3) is 0 Å². The summed E-state index contributed by atoms with van der Waals surface area (Å²) in [6.07, 6.45) is 0.978. The van der Waals surface area contributed by atoms with Crippen molar-refractivity contribution < 1.29 is 0 Å². The smallest absolute Gasteiger partial charge is 0.0408 e. The Labute approximate surface area is 124 Å². The highest BCUT2D eigenvalue weighted by atomic mass is 35.5. The first-order valence-electron chi connectivity index (χ1n) is 6.65. The third kappa shape index (κ3) is 3.82. The lowest BCUT2D eigenvalue weighted by Gasteiger charge is -2.18. The van der Waals surface area contributed by atoms with Gasteiger partial charge in [0.05, 0.1) is 0 Å². The first-order chi connectivity index (χ1) is 9.10. The van der Waals surface area contributed by atoms with Crippen molar-refractivity contribution in [3.63, 3.8) is 0 Å². The van der Waals surface area contributed by atoms with Crippen LogP contribution in [0.5, 0.6) is 0 Å². The van der Waals surface area contributed by atoms with E-state index in [9.17, 15) is 0 Å². The van der Waals surface area contributed by atoms with Crippen LogP contribution < -0.4 is 5.32 Å². The SMILES string of the molecule is CCNC(Cc1cccc(Cl)c1)c1cc(C)sc1C. The van der Waals surface area contributed by atoms with Crippen molar-refractivity contribution in [2.75, 3.05) is 6.54 Å². The first-order valence-corrected chi connectivity index (χ1v) is 7.84. The van der Waals surface area contributed by atoms with Gasteiger partial charge in [-0.05, 0) is 56.1 Å². The zero-order chi connectivity index (χ0) is 13.8. The first kappa shape index (κ1) is 14.6. The van der Waals surface area contributed by atoms with Crippen LogP contribution in [0.1, 0.15) is 33.8 Å². The lowest BCUT2D eigenvalue weighted by molar-refractivity contribution is 0.549. The molecule has 0 fully saturated rings. The van der Waals surface area contributed by atoms with Gasteiger partial charge in [0.15, 0.2) is 0 Å². The third-order valence-electron chi connectivity index (χ3n) is 3.23. The summed E-state index contributed by atoms with van der Waals surface area (Å²) in [5, 5.41) is 4.40. The van der Waals surface area contributed by atoms with E-state index in [2.05, 4.69) is 44.3 Å². The van der Waals surface area contributed by atoms with Crippen molar-refractivity contribution in [3.8, 4) is 0 Å². The van der Waals surface area contributed by atoms with Crippen molar-refractivity contribution in [1.29, 1.82) is 0 Å². The van der Waals surface area contributed by atoms with Crippen LogP contribution in [0.3, 0.4) is 0 Å². The summed E-state index contributed by atoms with van der Waals surface area (Å²) < 4.78 is 0. The summed E-state index contributed by atoms with van der Waals surface area (Å²) >= 11 is 7.94. The number of hydrogen-bond acceptors (Lipinski definition) is 2. The lowest BCUT2D eigenvalue weighted by atomic mass is 9.99. The van der Waals surface area contributed by atoms with Crippen LogP contribution in [0.2, 0.25) is 5.02 Å². The number of hydrogen-bond donors (Lipinski definition) is 1. The van der Waals surface area contributed by atoms with Crippen LogP contribution in [-0.2, 0) is 6.42 Å². The molecule has 0 bridgehead atoms. The summed E-state index contributed by atoms with van der Waals surface area (Å²) in [4.78, 5) is 2.78. The second-order valence-corrected chi connectivity index (χ2v) is 6.71. The fourth-order valence-electron chi connectivity index (χ4n) is 2.43. The maximum Gasteiger partial charge on any atom is 0.0408 e. The second-order valence-electron chi connectivity index (χ2n) is 4.81. The molecule has 1 unspecified atom stereocenters. The van der Waals surface area contributed by atoms with Gasteiger partial charge in [-0.1, -0.05) is 30.7 Å². The molecule has 0 amide bonds. The highest BCUT2D eigenvalue weighted by molar-refractivity contribution is 7.12. The molecule has 19 heavy (non-hydrogen) atoms. The van der Waals surface area contributed by atoms with E-state index in [0.717, 1.165) is 18.0 Å². The molecule has 2 rings (SSSR count). The van der Waals surface area contributed by atoms with E-state index in [1.807, 2.05) is 23.5 Å². The fraction of sp³-hybridized carbons (Fsp3) is 0.375. The predicted molar refractivity (Wildman–Crippen MR) is 85.4 cm³/mol. The van der Waals surface area contributed by atoms with Gasteiger partial charge in [-0.3, -0.25) is 0 Å². The number of nitrogens with one attached hydrogen (secondary N) is 1. The third-order valence-corrected chi connectivity index (χ3v) is 4.45. The highest BCUT2D eigenvalue weighted by Gasteiger charge is 2.15. The monoisotopic (exact) mass is 293 g/mol. The van der Waals surface area contributed by atoms with Gasteiger partial charge in [0.1, 0.15) is 0 Å². The Bertz CT molecular complexity index is 547. The van der Waals surface area contributed by atoms with Crippen molar-refractivity contribution >= 4 is 22.9 Å². The Balaban J connectivity index is 2.23. The Morgan fingerprint density at radius 3 is 2.63 bits per heavy atom. The number of benzene rings is 1. The quantitative estimate of drug-likeness (QED) is 0.826. The van der Waals surface area contributed by atoms with Gasteiger partial charge in [-0.15, -0.1) is 11.3 Å². The summed E-state index contributed by atoms with van der Waals surface area (Å²) in [6, 6.07) is 10.8. The molecule has 1 aromatic carbocycles. The predicted octanol–water partition coefficient (Wildman–Crippen LogP) is 4.91. The number of rotatable bonds is 5. The minimum atomic E-state index is 0.369.